The van der Waals surface area contributed by atoms with Gasteiger partial charge in [0.05, 0.1) is 83.3 Å². The Morgan fingerprint density at radius 2 is 0.613 bits per heavy atom. The van der Waals surface area contributed by atoms with Crippen molar-refractivity contribution in [1.82, 2.24) is 38.2 Å². The van der Waals surface area contributed by atoms with Crippen LogP contribution in [-0.4, -0.2) is 198 Å². The molecule has 0 radical (unpaired) electrons. The summed E-state index contributed by atoms with van der Waals surface area (Å²) in [5.74, 6) is -14.0. The number of para-hydroxylation sites is 4. The Bertz CT molecular complexity index is 6390. The summed E-state index contributed by atoms with van der Waals surface area (Å²) in [5, 5.41) is 119. The Kier molecular flexibility index (Phi) is 24.7. The van der Waals surface area contributed by atoms with Crippen LogP contribution in [0.15, 0.2) is 160 Å². The van der Waals surface area contributed by atoms with Gasteiger partial charge in [-0.3, -0.25) is 93.6 Å². The van der Waals surface area contributed by atoms with Crippen molar-refractivity contribution in [3.63, 3.8) is 0 Å². The molecular weight excluding hydrogens is 1770 g/mol. The Morgan fingerprint density at radius 1 is 0.371 bits per heavy atom. The first kappa shape index (κ1) is 84.0. The molecule has 4 saturated heterocycles. The van der Waals surface area contributed by atoms with Crippen molar-refractivity contribution in [2.24, 2.45) is 0 Å². The fourth-order valence-corrected chi connectivity index (χ4v) is 16.6. The van der Waals surface area contributed by atoms with Crippen molar-refractivity contribution in [2.45, 2.75) is 150 Å². The highest BCUT2D eigenvalue weighted by Crippen LogP contribution is 2.60. The lowest BCUT2D eigenvalue weighted by molar-refractivity contribution is -0.205. The normalized spacial score (nSPS) is 34.6. The van der Waals surface area contributed by atoms with Crippen LogP contribution in [0.5, 0.6) is 23.0 Å². The number of H-pyrrole nitrogens is 4. The van der Waals surface area contributed by atoms with E-state index in [1.165, 1.54) is 36.4 Å². The van der Waals surface area contributed by atoms with E-state index in [0.29, 0.717) is 48.3 Å². The van der Waals surface area contributed by atoms with Crippen molar-refractivity contribution >= 4 is 31.3 Å². The van der Waals surface area contributed by atoms with Crippen LogP contribution in [0, 0.1) is 0 Å². The molecule has 0 saturated carbocycles. The maximum atomic E-state index is 15.8. The van der Waals surface area contributed by atoms with Gasteiger partial charge in [0.1, 0.15) is 98.2 Å². The number of nitrogens with one attached hydrogen (secondary N) is 4. The van der Waals surface area contributed by atoms with Gasteiger partial charge in [-0.25, -0.2) is 55.0 Å². The van der Waals surface area contributed by atoms with Crippen LogP contribution in [0.2, 0.25) is 0 Å². The lowest BCUT2D eigenvalue weighted by Crippen LogP contribution is -2.43. The van der Waals surface area contributed by atoms with E-state index in [2.05, 4.69) is 4.52 Å². The number of aliphatic hydroxyl groups is 12. The molecule has 672 valence electrons. The first-order valence-corrected chi connectivity index (χ1v) is 41.3. The van der Waals surface area contributed by atoms with Crippen LogP contribution in [0.25, 0.3) is 0 Å². The number of alkyl halides is 4. The third-order valence-electron chi connectivity index (χ3n) is 18.6. The van der Waals surface area contributed by atoms with Gasteiger partial charge in [0.2, 0.25) is 0 Å². The Labute approximate surface area is 695 Å². The number of hydrogen-bond donors (Lipinski definition) is 16. The van der Waals surface area contributed by atoms with E-state index in [1.807, 2.05) is 4.98 Å². The van der Waals surface area contributed by atoms with E-state index in [1.54, 1.807) is 75.6 Å². The highest BCUT2D eigenvalue weighted by Gasteiger charge is 2.62. The Hall–Kier alpha value is -9.52. The maximum absolute atomic E-state index is 15.8. The minimum Gasteiger partial charge on any atom is -0.404 e. The zero-order valence-electron chi connectivity index (χ0n) is 68.3. The molecule has 4 aromatic heterocycles. The zero-order valence-corrected chi connectivity index (χ0v) is 65.9. The lowest BCUT2D eigenvalue weighted by Gasteiger charge is -2.28. The third kappa shape index (κ3) is 19.1. The number of halogens is 4. The van der Waals surface area contributed by atoms with Crippen LogP contribution >= 0.6 is 31.3 Å². The van der Waals surface area contributed by atoms with Gasteiger partial charge in [-0.2, -0.15) is 0 Å². The van der Waals surface area contributed by atoms with Gasteiger partial charge < -0.3 is 98.3 Å². The van der Waals surface area contributed by atoms with E-state index >= 15 is 17.6 Å². The summed E-state index contributed by atoms with van der Waals surface area (Å²) in [5.41, 5.74) is -8.25. The zero-order chi connectivity index (χ0) is 95.0. The standard InChI is InChI=1S/4C17H18FN2O10P/c4*18-17(8-28-31(26)27-7-9-3-1-2-4-11(9)30-31)13(23)12(22)15(29-17)20-5-10(6-21)14(24)19-16(20)25/h4*1-5,12-13,15,21-23H,6-8H2,(H,19,24,25)/t4*12-,13+,15-,17-,31?/m1111/s1/i8D2,15D;15D;8D2;. The van der Waals surface area contributed by atoms with Crippen molar-refractivity contribution in [2.75, 3.05) is 26.3 Å². The average Bonchev–Trinajstić information content (AvgIpc) is 1.55. The van der Waals surface area contributed by atoms with Crippen molar-refractivity contribution in [1.29, 1.82) is 0 Å². The maximum Gasteiger partial charge on any atom is 0.530 e. The predicted molar refractivity (Wildman–Crippen MR) is 395 cm³/mol. The van der Waals surface area contributed by atoms with E-state index in [4.69, 9.17) is 76.9 Å². The summed E-state index contributed by atoms with van der Waals surface area (Å²) in [6.45, 7) is -14.4. The number of phosphoric ester groups is 4. The van der Waals surface area contributed by atoms with Crippen molar-refractivity contribution in [3.05, 3.63) is 250 Å². The first-order chi connectivity index (χ1) is 60.8. The molecule has 8 aliphatic heterocycles. The van der Waals surface area contributed by atoms with Gasteiger partial charge in [-0.05, 0) is 24.3 Å². The summed E-state index contributed by atoms with van der Waals surface area (Å²) in [6, 6.07) is 25.2. The molecule has 8 aromatic rings. The molecule has 124 heavy (non-hydrogen) atoms. The quantitative estimate of drug-likeness (QED) is 0.0312. The molecule has 20 atom stereocenters. The number of benzene rings is 4. The highest BCUT2D eigenvalue weighted by molar-refractivity contribution is 7.49. The minimum absolute atomic E-state index is 0.000113. The predicted octanol–water partition coefficient (Wildman–Crippen LogP) is -1.28. The van der Waals surface area contributed by atoms with Gasteiger partial charge in [-0.15, -0.1) is 0 Å². The smallest absolute Gasteiger partial charge is 0.404 e. The summed E-state index contributed by atoms with van der Waals surface area (Å²) in [6.07, 6.45) is -26.6. The highest BCUT2D eigenvalue weighted by atomic mass is 31.2. The number of aliphatic hydroxyl groups excluding tert-OH is 12. The fourth-order valence-electron chi connectivity index (χ4n) is 12.0. The number of hydrogen-bond acceptors (Lipinski definition) is 40. The molecule has 0 bridgehead atoms. The number of nitrogens with zero attached hydrogens (tertiary/aromatic N) is 4. The van der Waals surface area contributed by atoms with E-state index < -0.39 is 232 Å². The molecule has 48 nitrogen and oxygen atoms in total. The summed E-state index contributed by atoms with van der Waals surface area (Å²) in [4.78, 5) is 102. The van der Waals surface area contributed by atoms with Gasteiger partial charge in [0.15, 0.2) is 24.9 Å². The third-order valence-corrected chi connectivity index (χ3v) is 23.6. The van der Waals surface area contributed by atoms with Gasteiger partial charge in [-0.1, -0.05) is 72.8 Å². The number of aromatic nitrogens is 8. The molecule has 4 unspecified atom stereocenters. The molecule has 0 amide bonds. The molecule has 56 heteroatoms. The summed E-state index contributed by atoms with van der Waals surface area (Å²) < 4.78 is 242. The second-order valence-corrected chi connectivity index (χ2v) is 33.1. The topological polar surface area (TPSA) is 678 Å². The van der Waals surface area contributed by atoms with Crippen molar-refractivity contribution in [3.8, 4) is 23.0 Å². The number of phosphoric acid groups is 4. The van der Waals surface area contributed by atoms with E-state index in [9.17, 15) is 118 Å². The van der Waals surface area contributed by atoms with Crippen LogP contribution in [0.3, 0.4) is 0 Å². The number of aromatic amines is 4. The monoisotopic (exact) mass is 1850 g/mol. The number of ether oxygens (including phenoxy) is 4. The molecule has 16 N–H and O–H groups in total. The van der Waals surface area contributed by atoms with Gasteiger partial charge in [0.25, 0.3) is 45.7 Å². The molecule has 16 rings (SSSR count). The molecule has 8 aliphatic rings. The molecule has 12 heterocycles. The number of fused-ring (bicyclic) bond motifs is 4. The van der Waals surface area contributed by atoms with E-state index in [-0.39, 0.29) is 70.7 Å². The summed E-state index contributed by atoms with van der Waals surface area (Å²) in [7, 11) is -18.2. The van der Waals surface area contributed by atoms with Crippen LogP contribution in [0.1, 0.15) is 77.6 Å². The second kappa shape index (κ2) is 36.4. The molecule has 4 fully saturated rings. The largest absolute Gasteiger partial charge is 0.530 e. The average molecular weight is 1850 g/mol. The fraction of sp³-hybridized carbons (Fsp3) is 0.412. The van der Waals surface area contributed by atoms with Crippen LogP contribution < -0.4 is 63.1 Å². The van der Waals surface area contributed by atoms with Crippen molar-refractivity contribution < 1.29 is 179 Å². The van der Waals surface area contributed by atoms with E-state index in [0.717, 1.165) is 12.4 Å². The van der Waals surface area contributed by atoms with Gasteiger partial charge in [0, 0.05) is 47.0 Å². The SMILES string of the molecule is O=c1[nH]c(=O)n([C@@H]2O[C@](F)(COP3(=O)OCc4ccccc4O3)[C@@H](O)[C@H]2O)cc1CO.[2H]C([2H])(OP1(=O)OCc2ccccc2O1)[C@@]1(F)O[C@@H](n2cc(CO)c(=O)[nH]c2=O)[C@H](O)[C@@H]1O.[2H]C([2H])(OP1(=O)OCc2ccccc2O1)[C@@]1(F)O[C@@]([2H])(n2cc(CO)c(=O)[nH]c2=O)[C@H](O)[C@@H]1O.[2H][C@@]1(n2cc(CO)c(=O)[nH]c2=O)O[C@](F)(COP2(=O)OCc3ccccc3O2)[C@@H](O)[C@H]1O. The van der Waals surface area contributed by atoms with Crippen LogP contribution in [0.4, 0.5) is 17.6 Å². The Balaban J connectivity index is 0.000000148. The molecule has 0 spiro atoms. The molecular formula is C68H72F4N8O40P4. The molecule has 4 aromatic carbocycles. The minimum atomic E-state index is -4.85. The Morgan fingerprint density at radius 3 is 0.935 bits per heavy atom. The molecule has 0 aliphatic carbocycles. The summed E-state index contributed by atoms with van der Waals surface area (Å²) >= 11 is 0. The second-order valence-electron chi connectivity index (χ2n) is 26.9. The van der Waals surface area contributed by atoms with Gasteiger partial charge >= 0.3 is 54.0 Å². The first-order valence-electron chi connectivity index (χ1n) is 38.4. The lowest BCUT2D eigenvalue weighted by atomic mass is 10.1. The number of rotatable bonds is 20. The van der Waals surface area contributed by atoms with Crippen LogP contribution in [-0.2, 0) is 126 Å².